The number of hydrogen-bond acceptors (Lipinski definition) is 2. The van der Waals surface area contributed by atoms with E-state index in [1.165, 1.54) is 18.2 Å². The molecule has 1 fully saturated rings. The van der Waals surface area contributed by atoms with E-state index in [2.05, 4.69) is 5.32 Å². The van der Waals surface area contributed by atoms with Crippen LogP contribution in [0.5, 0.6) is 0 Å². The zero-order valence-electron chi connectivity index (χ0n) is 13.4. The van der Waals surface area contributed by atoms with Gasteiger partial charge in [0.15, 0.2) is 0 Å². The third kappa shape index (κ3) is 3.26. The van der Waals surface area contributed by atoms with Crippen molar-refractivity contribution in [1.82, 2.24) is 5.32 Å². The highest BCUT2D eigenvalue weighted by atomic mass is 19.1. The van der Waals surface area contributed by atoms with Crippen molar-refractivity contribution < 1.29 is 23.1 Å². The SMILES string of the molecule is O=C(NCC(O)c1c(F)cccc1F)C1(c2ccc(F)cc2)CCC1. The van der Waals surface area contributed by atoms with Crippen LogP contribution >= 0.6 is 0 Å². The minimum Gasteiger partial charge on any atom is -0.386 e. The molecule has 1 aliphatic carbocycles. The maximum atomic E-state index is 13.7. The van der Waals surface area contributed by atoms with Gasteiger partial charge in [-0.1, -0.05) is 24.6 Å². The van der Waals surface area contributed by atoms with Crippen molar-refractivity contribution in [2.75, 3.05) is 6.54 Å². The van der Waals surface area contributed by atoms with E-state index in [0.29, 0.717) is 18.4 Å². The maximum absolute atomic E-state index is 13.7. The van der Waals surface area contributed by atoms with Gasteiger partial charge in [0.25, 0.3) is 0 Å². The maximum Gasteiger partial charge on any atom is 0.230 e. The minimum atomic E-state index is -1.49. The van der Waals surface area contributed by atoms with Crippen LogP contribution in [0.4, 0.5) is 13.2 Å². The summed E-state index contributed by atoms with van der Waals surface area (Å²) in [5.41, 5.74) is -0.544. The number of hydrogen-bond donors (Lipinski definition) is 2. The summed E-state index contributed by atoms with van der Waals surface area (Å²) in [6.07, 6.45) is 0.578. The number of aliphatic hydroxyl groups is 1. The Morgan fingerprint density at radius 3 is 2.20 bits per heavy atom. The van der Waals surface area contributed by atoms with Crippen LogP contribution < -0.4 is 5.32 Å². The van der Waals surface area contributed by atoms with Crippen LogP contribution in [0.2, 0.25) is 0 Å². The average Bonchev–Trinajstić information content (AvgIpc) is 2.53. The van der Waals surface area contributed by atoms with Crippen LogP contribution in [0, 0.1) is 17.5 Å². The summed E-state index contributed by atoms with van der Waals surface area (Å²) in [6, 6.07) is 9.04. The highest BCUT2D eigenvalue weighted by Gasteiger charge is 2.45. The number of carbonyl (C=O) groups is 1. The molecule has 1 amide bonds. The van der Waals surface area contributed by atoms with Crippen LogP contribution in [-0.2, 0) is 10.2 Å². The second kappa shape index (κ2) is 6.88. The first-order valence-electron chi connectivity index (χ1n) is 8.10. The number of nitrogens with one attached hydrogen (secondary N) is 1. The Labute approximate surface area is 143 Å². The fraction of sp³-hybridized carbons (Fsp3) is 0.316. The van der Waals surface area contributed by atoms with Crippen molar-refractivity contribution in [3.63, 3.8) is 0 Å². The van der Waals surface area contributed by atoms with E-state index in [1.807, 2.05) is 0 Å². The number of carbonyl (C=O) groups excluding carboxylic acids is 1. The second-order valence-electron chi connectivity index (χ2n) is 6.30. The van der Waals surface area contributed by atoms with Gasteiger partial charge in [0.05, 0.1) is 11.0 Å². The van der Waals surface area contributed by atoms with Crippen LogP contribution in [0.1, 0.15) is 36.5 Å². The Morgan fingerprint density at radius 2 is 1.68 bits per heavy atom. The molecule has 3 nitrogen and oxygen atoms in total. The fourth-order valence-corrected chi connectivity index (χ4v) is 3.24. The third-order valence-electron chi connectivity index (χ3n) is 4.83. The van der Waals surface area contributed by atoms with Crippen molar-refractivity contribution >= 4 is 5.91 Å². The van der Waals surface area contributed by atoms with Crippen LogP contribution in [0.15, 0.2) is 42.5 Å². The van der Waals surface area contributed by atoms with Gasteiger partial charge in [0.1, 0.15) is 23.6 Å². The van der Waals surface area contributed by atoms with Gasteiger partial charge >= 0.3 is 0 Å². The summed E-state index contributed by atoms with van der Waals surface area (Å²) in [4.78, 5) is 12.6. The largest absolute Gasteiger partial charge is 0.386 e. The average molecular weight is 349 g/mol. The Morgan fingerprint density at radius 1 is 1.08 bits per heavy atom. The molecule has 0 radical (unpaired) electrons. The van der Waals surface area contributed by atoms with Gasteiger partial charge in [-0.2, -0.15) is 0 Å². The minimum absolute atomic E-state index is 0.306. The summed E-state index contributed by atoms with van der Waals surface area (Å²) in [5, 5.41) is 12.6. The number of aliphatic hydroxyl groups excluding tert-OH is 1. The molecule has 1 atom stereocenters. The molecular weight excluding hydrogens is 331 g/mol. The third-order valence-corrected chi connectivity index (χ3v) is 4.83. The molecule has 2 N–H and O–H groups in total. The van der Waals surface area contributed by atoms with Gasteiger partial charge in [-0.05, 0) is 42.7 Å². The molecule has 132 valence electrons. The van der Waals surface area contributed by atoms with Crippen molar-refractivity contribution in [3.8, 4) is 0 Å². The van der Waals surface area contributed by atoms with E-state index in [9.17, 15) is 23.1 Å². The Kier molecular flexibility index (Phi) is 4.81. The first kappa shape index (κ1) is 17.5. The first-order chi connectivity index (χ1) is 11.9. The number of amides is 1. The van der Waals surface area contributed by atoms with Gasteiger partial charge < -0.3 is 10.4 Å². The molecular formula is C19H18F3NO2. The molecule has 0 aromatic heterocycles. The molecule has 0 aliphatic heterocycles. The Hall–Kier alpha value is -2.34. The van der Waals surface area contributed by atoms with Crippen molar-refractivity contribution in [2.45, 2.75) is 30.8 Å². The molecule has 0 spiro atoms. The number of benzene rings is 2. The summed E-state index contributed by atoms with van der Waals surface area (Å²) in [5.74, 6) is -2.44. The Bertz CT molecular complexity index is 752. The summed E-state index contributed by atoms with van der Waals surface area (Å²) in [7, 11) is 0. The zero-order chi connectivity index (χ0) is 18.0. The lowest BCUT2D eigenvalue weighted by molar-refractivity contribution is -0.130. The number of halogens is 3. The quantitative estimate of drug-likeness (QED) is 0.869. The lowest BCUT2D eigenvalue weighted by Gasteiger charge is -2.41. The first-order valence-corrected chi connectivity index (χ1v) is 8.10. The molecule has 0 saturated heterocycles. The molecule has 6 heteroatoms. The standard InChI is InChI=1S/C19H18F3NO2/c20-13-7-5-12(6-8-13)19(9-2-10-19)18(25)23-11-16(24)17-14(21)3-1-4-15(17)22/h1,3-8,16,24H,2,9-11H2,(H,23,25). The van der Waals surface area contributed by atoms with Crippen molar-refractivity contribution in [2.24, 2.45) is 0 Å². The van der Waals surface area contributed by atoms with E-state index in [4.69, 9.17) is 0 Å². The van der Waals surface area contributed by atoms with E-state index in [0.717, 1.165) is 18.6 Å². The van der Waals surface area contributed by atoms with Crippen molar-refractivity contribution in [1.29, 1.82) is 0 Å². The predicted molar refractivity (Wildman–Crippen MR) is 86.3 cm³/mol. The van der Waals surface area contributed by atoms with Crippen LogP contribution in [0.25, 0.3) is 0 Å². The molecule has 2 aromatic carbocycles. The molecule has 1 saturated carbocycles. The highest BCUT2D eigenvalue weighted by Crippen LogP contribution is 2.44. The van der Waals surface area contributed by atoms with E-state index < -0.39 is 28.7 Å². The predicted octanol–water partition coefficient (Wildman–Crippen LogP) is 3.38. The molecule has 2 aromatic rings. The van der Waals surface area contributed by atoms with Crippen molar-refractivity contribution in [3.05, 3.63) is 71.0 Å². The van der Waals surface area contributed by atoms with Gasteiger partial charge in [-0.25, -0.2) is 13.2 Å². The second-order valence-corrected chi connectivity index (χ2v) is 6.30. The normalized spacial score (nSPS) is 16.8. The molecule has 1 unspecified atom stereocenters. The summed E-state index contributed by atoms with van der Waals surface area (Å²) < 4.78 is 40.5. The molecule has 1 aliphatic rings. The van der Waals surface area contributed by atoms with Crippen LogP contribution in [0.3, 0.4) is 0 Å². The monoisotopic (exact) mass is 349 g/mol. The molecule has 0 bridgehead atoms. The summed E-state index contributed by atoms with van der Waals surface area (Å²) in [6.45, 7) is -0.306. The zero-order valence-corrected chi connectivity index (χ0v) is 13.4. The highest BCUT2D eigenvalue weighted by molar-refractivity contribution is 5.89. The fourth-order valence-electron chi connectivity index (χ4n) is 3.24. The Balaban J connectivity index is 1.72. The summed E-state index contributed by atoms with van der Waals surface area (Å²) >= 11 is 0. The van der Waals surface area contributed by atoms with Crippen LogP contribution in [-0.4, -0.2) is 17.6 Å². The van der Waals surface area contributed by atoms with E-state index in [-0.39, 0.29) is 18.3 Å². The smallest absolute Gasteiger partial charge is 0.230 e. The van der Waals surface area contributed by atoms with Gasteiger partial charge in [0, 0.05) is 6.54 Å². The van der Waals surface area contributed by atoms with Gasteiger partial charge in [0.2, 0.25) is 5.91 Å². The molecule has 3 rings (SSSR count). The van der Waals surface area contributed by atoms with E-state index >= 15 is 0 Å². The lowest BCUT2D eigenvalue weighted by atomic mass is 9.64. The molecule has 25 heavy (non-hydrogen) atoms. The van der Waals surface area contributed by atoms with E-state index in [1.54, 1.807) is 12.1 Å². The number of rotatable bonds is 5. The lowest BCUT2D eigenvalue weighted by Crippen LogP contribution is -2.50. The van der Waals surface area contributed by atoms with Gasteiger partial charge in [-0.3, -0.25) is 4.79 Å². The topological polar surface area (TPSA) is 49.3 Å². The molecule has 0 heterocycles. The van der Waals surface area contributed by atoms with Gasteiger partial charge in [-0.15, -0.1) is 0 Å².